The van der Waals surface area contributed by atoms with Crippen molar-refractivity contribution in [2.45, 2.75) is 0 Å². The number of rotatable bonds is 0. The van der Waals surface area contributed by atoms with Crippen LogP contribution in [0.2, 0.25) is 0 Å². The van der Waals surface area contributed by atoms with Crippen LogP contribution in [0.1, 0.15) is 0 Å². The summed E-state index contributed by atoms with van der Waals surface area (Å²) in [5.41, 5.74) is 0. The molecular weight excluding hydrogens is 186 g/mol. The fourth-order valence-corrected chi connectivity index (χ4v) is 0.391. The molecule has 10 heavy (non-hydrogen) atoms. The van der Waals surface area contributed by atoms with Crippen molar-refractivity contribution < 1.29 is 41.9 Å². The molecule has 0 heterocycles. The summed E-state index contributed by atoms with van der Waals surface area (Å²) in [6, 6.07) is 0. The Morgan fingerprint density at radius 1 is 0.700 bits per heavy atom. The van der Waals surface area contributed by atoms with Crippen molar-refractivity contribution in [1.82, 2.24) is 0 Å². The Bertz CT molecular complexity index is 210. The normalized spacial score (nSPS) is 8.40. The molecule has 0 spiro atoms. The predicted octanol–water partition coefficient (Wildman–Crippen LogP) is -2.93. The van der Waals surface area contributed by atoms with Gasteiger partial charge < -0.3 is 0 Å². The number of hydrogen-bond acceptors (Lipinski definition) is 4. The van der Waals surface area contributed by atoms with Gasteiger partial charge in [-0.1, -0.05) is 0 Å². The summed E-state index contributed by atoms with van der Waals surface area (Å²) in [6.45, 7) is 0. The van der Waals surface area contributed by atoms with Gasteiger partial charge in [-0.05, 0) is 0 Å². The van der Waals surface area contributed by atoms with Gasteiger partial charge in [0.05, 0.1) is 0 Å². The zero-order valence-corrected chi connectivity index (χ0v) is 8.09. The Labute approximate surface area is 82.6 Å². The van der Waals surface area contributed by atoms with E-state index in [-0.39, 0.29) is 29.6 Å². The van der Waals surface area contributed by atoms with Gasteiger partial charge in [0.25, 0.3) is 0 Å². The van der Waals surface area contributed by atoms with Crippen molar-refractivity contribution in [3.05, 3.63) is 0 Å². The largest absolute Gasteiger partial charge is 1.00 e. The Morgan fingerprint density at radius 3 is 0.900 bits per heavy atom. The number of hydrogen-bond donors (Lipinski definition) is 0. The van der Waals surface area contributed by atoms with E-state index in [0.717, 1.165) is 0 Å². The van der Waals surface area contributed by atoms with E-state index in [0.29, 0.717) is 0 Å². The average Bonchev–Trinajstić information content (AvgIpc) is 1.95. The summed E-state index contributed by atoms with van der Waals surface area (Å²) in [7, 11) is 0. The SMILES string of the molecule is N#[C][Ni-]([C]#N)([C]#N)[C]#N.[Na+]. The second-order valence-electron chi connectivity index (χ2n) is 0.757. The van der Waals surface area contributed by atoms with Crippen molar-refractivity contribution >= 4 is 0 Å². The van der Waals surface area contributed by atoms with Gasteiger partial charge in [-0.15, -0.1) is 0 Å². The van der Waals surface area contributed by atoms with E-state index in [9.17, 15) is 0 Å². The summed E-state index contributed by atoms with van der Waals surface area (Å²) in [5.74, 6) is 0. The standard InChI is InChI=1S/4CN.Na.Ni/c4*1-2;;/q;;;;+1;-1. The summed E-state index contributed by atoms with van der Waals surface area (Å²) in [6.07, 6.45) is 0. The molecule has 0 N–H and O–H groups in total. The zero-order valence-electron chi connectivity index (χ0n) is 5.11. The molecule has 47 valence electrons. The molecule has 0 rings (SSSR count). The minimum atomic E-state index is -3.03. The first-order chi connectivity index (χ1) is 4.24. The van der Waals surface area contributed by atoms with Crippen LogP contribution >= 0.6 is 0 Å². The fraction of sp³-hybridized carbons (Fsp3) is 0. The van der Waals surface area contributed by atoms with E-state index in [1.807, 2.05) is 0 Å². The van der Waals surface area contributed by atoms with Gasteiger partial charge in [0.15, 0.2) is 0 Å². The first-order valence-corrected chi connectivity index (χ1v) is 3.50. The molecule has 0 atom stereocenters. The Morgan fingerprint density at radius 2 is 0.900 bits per heavy atom. The van der Waals surface area contributed by atoms with Gasteiger partial charge in [-0.25, -0.2) is 0 Å². The van der Waals surface area contributed by atoms with E-state index in [2.05, 4.69) is 0 Å². The molecule has 0 saturated heterocycles. The van der Waals surface area contributed by atoms with Crippen molar-refractivity contribution in [3.63, 3.8) is 0 Å². The van der Waals surface area contributed by atoms with Gasteiger partial charge in [0, 0.05) is 0 Å². The molecule has 0 fully saturated rings. The molecule has 0 aromatic carbocycles. The van der Waals surface area contributed by atoms with Crippen LogP contribution in [0.4, 0.5) is 0 Å². The molecule has 0 unspecified atom stereocenters. The molecule has 0 radical (unpaired) electrons. The van der Waals surface area contributed by atoms with Crippen molar-refractivity contribution in [2.24, 2.45) is 0 Å². The molecule has 4 nitrogen and oxygen atoms in total. The van der Waals surface area contributed by atoms with Crippen LogP contribution in [0.5, 0.6) is 0 Å². The third-order valence-corrected chi connectivity index (χ3v) is 1.75. The van der Waals surface area contributed by atoms with E-state index in [1.165, 1.54) is 20.2 Å². The van der Waals surface area contributed by atoms with Gasteiger partial charge >= 0.3 is 83.1 Å². The predicted molar refractivity (Wildman–Crippen MR) is 22.5 cm³/mol. The van der Waals surface area contributed by atoms with Crippen molar-refractivity contribution in [2.75, 3.05) is 0 Å². The Kier molecular flexibility index (Phi) is 6.39. The van der Waals surface area contributed by atoms with Crippen LogP contribution in [0.15, 0.2) is 0 Å². The topological polar surface area (TPSA) is 95.2 Å². The summed E-state index contributed by atoms with van der Waals surface area (Å²) < 4.78 is 0. The van der Waals surface area contributed by atoms with Gasteiger partial charge in [-0.3, -0.25) is 0 Å². The quantitative estimate of drug-likeness (QED) is 0.378. The second-order valence-corrected chi connectivity index (χ2v) is 3.12. The third kappa shape index (κ3) is 2.37. The Balaban J connectivity index is 0. The van der Waals surface area contributed by atoms with Crippen LogP contribution in [-0.2, 0) is 12.4 Å². The number of nitrogens with zero attached hydrogens (tertiary/aromatic N) is 4. The third-order valence-electron chi connectivity index (χ3n) is 0.424. The minimum absolute atomic E-state index is 0. The first kappa shape index (κ1) is 12.2. The van der Waals surface area contributed by atoms with Gasteiger partial charge in [0.2, 0.25) is 0 Å². The minimum Gasteiger partial charge on any atom is 1.00 e. The zero-order chi connectivity index (χ0) is 7.33. The maximum Gasteiger partial charge on any atom is 1.00 e. The van der Waals surface area contributed by atoms with Crippen molar-refractivity contribution in [3.8, 4) is 20.2 Å². The van der Waals surface area contributed by atoms with E-state index >= 15 is 0 Å². The summed E-state index contributed by atoms with van der Waals surface area (Å²) in [4.78, 5) is 0. The molecular formula is C4N4NaNi. The molecule has 0 saturated carbocycles. The molecule has 0 aromatic heterocycles. The molecule has 0 amide bonds. The maximum absolute atomic E-state index is 8.10. The van der Waals surface area contributed by atoms with Gasteiger partial charge in [-0.2, -0.15) is 0 Å². The van der Waals surface area contributed by atoms with Crippen LogP contribution in [0.3, 0.4) is 0 Å². The summed E-state index contributed by atoms with van der Waals surface area (Å²) in [5, 5.41) is 37.9. The van der Waals surface area contributed by atoms with E-state index in [4.69, 9.17) is 21.0 Å². The van der Waals surface area contributed by atoms with E-state index in [1.54, 1.807) is 0 Å². The second kappa shape index (κ2) is 5.25. The maximum atomic E-state index is 8.10. The molecule has 0 aliphatic rings. The monoisotopic (exact) mass is 185 g/mol. The van der Waals surface area contributed by atoms with Gasteiger partial charge in [0.1, 0.15) is 0 Å². The molecule has 0 aliphatic carbocycles. The van der Waals surface area contributed by atoms with Crippen LogP contribution in [0.25, 0.3) is 0 Å². The molecule has 6 heteroatoms. The van der Waals surface area contributed by atoms with E-state index < -0.39 is 12.4 Å². The summed E-state index contributed by atoms with van der Waals surface area (Å²) >= 11 is -3.03. The first-order valence-electron chi connectivity index (χ1n) is 1.53. The smallest absolute Gasteiger partial charge is 1.00 e. The Hall–Kier alpha value is -0.546. The molecule has 0 aromatic rings. The average molecular weight is 186 g/mol. The molecule has 0 bridgehead atoms. The van der Waals surface area contributed by atoms with Crippen LogP contribution < -0.4 is 29.6 Å². The van der Waals surface area contributed by atoms with Crippen LogP contribution in [0, 0.1) is 41.2 Å². The van der Waals surface area contributed by atoms with Crippen molar-refractivity contribution in [1.29, 1.82) is 21.0 Å². The number of nitriles is 4. The fourth-order valence-electron chi connectivity index (χ4n) is 0.0949. The molecule has 0 aliphatic heterocycles. The van der Waals surface area contributed by atoms with Crippen LogP contribution in [-0.4, -0.2) is 0 Å².